The van der Waals surface area contributed by atoms with Crippen LogP contribution in [0.1, 0.15) is 43.6 Å². The number of ketones is 1. The molecule has 4 nitrogen and oxygen atoms in total. The van der Waals surface area contributed by atoms with Crippen LogP contribution in [0.4, 0.5) is 0 Å². The molecule has 0 aliphatic carbocycles. The van der Waals surface area contributed by atoms with Crippen LogP contribution in [0.2, 0.25) is 0 Å². The van der Waals surface area contributed by atoms with Crippen molar-refractivity contribution in [3.05, 3.63) is 90.0 Å². The second kappa shape index (κ2) is 9.33. The molecule has 0 radical (unpaired) electrons. The van der Waals surface area contributed by atoms with Crippen LogP contribution < -0.4 is 4.74 Å². The molecule has 4 heteroatoms. The van der Waals surface area contributed by atoms with Crippen molar-refractivity contribution in [3.8, 4) is 28.0 Å². The summed E-state index contributed by atoms with van der Waals surface area (Å²) in [4.78, 5) is 23.9. The van der Waals surface area contributed by atoms with Crippen molar-refractivity contribution in [1.29, 1.82) is 0 Å². The fraction of sp³-hybridized carbons (Fsp3) is 0.214. The van der Waals surface area contributed by atoms with Crippen LogP contribution in [0.15, 0.2) is 78.9 Å². The lowest BCUT2D eigenvalue weighted by molar-refractivity contribution is -0.130. The number of benzene rings is 3. The molecule has 32 heavy (non-hydrogen) atoms. The van der Waals surface area contributed by atoms with E-state index in [0.717, 1.165) is 28.7 Å². The zero-order chi connectivity index (χ0) is 23.5. The van der Waals surface area contributed by atoms with Crippen molar-refractivity contribution in [3.63, 3.8) is 0 Å². The van der Waals surface area contributed by atoms with E-state index in [0.29, 0.717) is 16.9 Å². The van der Waals surface area contributed by atoms with E-state index in [9.17, 15) is 14.7 Å². The van der Waals surface area contributed by atoms with E-state index in [4.69, 9.17) is 4.74 Å². The Morgan fingerprint density at radius 2 is 1.47 bits per heavy atom. The van der Waals surface area contributed by atoms with Gasteiger partial charge in [-0.2, -0.15) is 0 Å². The summed E-state index contributed by atoms with van der Waals surface area (Å²) in [5.74, 6) is -0.255. The van der Waals surface area contributed by atoms with Gasteiger partial charge in [0.25, 0.3) is 0 Å². The minimum Gasteiger partial charge on any atom is -0.423 e. The van der Waals surface area contributed by atoms with Gasteiger partial charge in [0.2, 0.25) is 0 Å². The summed E-state index contributed by atoms with van der Waals surface area (Å²) in [7, 11) is 0. The van der Waals surface area contributed by atoms with Crippen LogP contribution in [-0.2, 0) is 11.2 Å². The van der Waals surface area contributed by atoms with Crippen LogP contribution in [0.5, 0.6) is 5.75 Å². The third-order valence-electron chi connectivity index (χ3n) is 5.25. The van der Waals surface area contributed by atoms with Gasteiger partial charge in [0, 0.05) is 11.1 Å². The van der Waals surface area contributed by atoms with E-state index in [1.54, 1.807) is 31.2 Å². The highest BCUT2D eigenvalue weighted by atomic mass is 16.5. The molecule has 3 aromatic rings. The number of aryl methyl sites for hydroxylation is 1. The largest absolute Gasteiger partial charge is 0.423 e. The molecule has 0 bridgehead atoms. The van der Waals surface area contributed by atoms with Crippen molar-refractivity contribution in [2.75, 3.05) is 0 Å². The maximum atomic E-state index is 12.3. The van der Waals surface area contributed by atoms with Crippen LogP contribution >= 0.6 is 0 Å². The number of esters is 1. The van der Waals surface area contributed by atoms with Crippen LogP contribution in [0.3, 0.4) is 0 Å². The van der Waals surface area contributed by atoms with Crippen LogP contribution in [-0.4, -0.2) is 22.5 Å². The second-order valence-electron chi connectivity index (χ2n) is 8.39. The van der Waals surface area contributed by atoms with Gasteiger partial charge in [-0.05, 0) is 67.1 Å². The van der Waals surface area contributed by atoms with Crippen molar-refractivity contribution in [2.24, 2.45) is 0 Å². The van der Waals surface area contributed by atoms with Gasteiger partial charge in [0.1, 0.15) is 11.4 Å². The second-order valence-corrected chi connectivity index (χ2v) is 8.39. The maximum absolute atomic E-state index is 12.3. The number of Topliss-reactive ketones (excluding diaryl/α,β-unsaturated/α-hetero) is 1. The molecule has 3 rings (SSSR count). The Bertz CT molecular complexity index is 1150. The average molecular weight is 429 g/mol. The van der Waals surface area contributed by atoms with Gasteiger partial charge in [-0.15, -0.1) is 0 Å². The molecule has 0 atom stereocenters. The molecular formula is C28H28O4. The fourth-order valence-corrected chi connectivity index (χ4v) is 3.41. The Kier molecular flexibility index (Phi) is 6.75. The molecule has 0 amide bonds. The quantitative estimate of drug-likeness (QED) is 0.216. The van der Waals surface area contributed by atoms with Gasteiger partial charge in [0.15, 0.2) is 5.78 Å². The first-order valence-electron chi connectivity index (χ1n) is 10.6. The smallest absolute Gasteiger partial charge is 0.338 e. The lowest BCUT2D eigenvalue weighted by atomic mass is 9.92. The molecule has 1 N–H and O–H groups in total. The van der Waals surface area contributed by atoms with E-state index in [1.807, 2.05) is 24.3 Å². The topological polar surface area (TPSA) is 63.6 Å². The molecule has 0 spiro atoms. The highest BCUT2D eigenvalue weighted by Crippen LogP contribution is 2.31. The van der Waals surface area contributed by atoms with Crippen molar-refractivity contribution in [1.82, 2.24) is 0 Å². The summed E-state index contributed by atoms with van der Waals surface area (Å²) in [6, 6.07) is 21.0. The number of ether oxygens (including phenoxy) is 1. The van der Waals surface area contributed by atoms with Gasteiger partial charge in [-0.25, -0.2) is 4.79 Å². The third kappa shape index (κ3) is 5.21. The standard InChI is InChI=1S/C28H28O4/c1-6-19-17-23(20-7-9-22(10-8-20)26(29)28(4,5)31)13-16-25(19)21-11-14-24(15-12-21)32-27(30)18(2)3/h7-17,31H,2,6H2,1,3-5H3. The van der Waals surface area contributed by atoms with E-state index in [1.165, 1.54) is 19.4 Å². The summed E-state index contributed by atoms with van der Waals surface area (Å²) < 4.78 is 5.27. The van der Waals surface area contributed by atoms with Crippen LogP contribution in [0.25, 0.3) is 22.3 Å². The molecular weight excluding hydrogens is 400 g/mol. The number of hydrogen-bond acceptors (Lipinski definition) is 4. The number of carbonyl (C=O) groups is 2. The fourth-order valence-electron chi connectivity index (χ4n) is 3.41. The van der Waals surface area contributed by atoms with Crippen molar-refractivity contribution >= 4 is 11.8 Å². The van der Waals surface area contributed by atoms with E-state index in [-0.39, 0.29) is 5.78 Å². The number of rotatable bonds is 7. The average Bonchev–Trinajstić information content (AvgIpc) is 2.78. The van der Waals surface area contributed by atoms with E-state index in [2.05, 4.69) is 31.7 Å². The number of aliphatic hydroxyl groups is 1. The van der Waals surface area contributed by atoms with Gasteiger partial charge in [0.05, 0.1) is 0 Å². The summed E-state index contributed by atoms with van der Waals surface area (Å²) in [5, 5.41) is 9.94. The zero-order valence-electron chi connectivity index (χ0n) is 18.9. The van der Waals surface area contributed by atoms with Gasteiger partial charge in [-0.1, -0.05) is 68.1 Å². The SMILES string of the molecule is C=C(C)C(=O)Oc1ccc(-c2ccc(-c3ccc(C(=O)C(C)(C)O)cc3)cc2CC)cc1. The van der Waals surface area contributed by atoms with E-state index >= 15 is 0 Å². The Balaban J connectivity index is 1.86. The Labute approximate surface area is 189 Å². The molecule has 164 valence electrons. The Morgan fingerprint density at radius 3 is 2.00 bits per heavy atom. The molecule has 0 unspecified atom stereocenters. The minimum atomic E-state index is -1.39. The van der Waals surface area contributed by atoms with Gasteiger partial charge in [-0.3, -0.25) is 4.79 Å². The monoisotopic (exact) mass is 428 g/mol. The summed E-state index contributed by atoms with van der Waals surface area (Å²) in [5.41, 5.74) is 4.84. The summed E-state index contributed by atoms with van der Waals surface area (Å²) in [6.45, 7) is 10.3. The third-order valence-corrected chi connectivity index (χ3v) is 5.25. The first-order valence-corrected chi connectivity index (χ1v) is 10.6. The van der Waals surface area contributed by atoms with Gasteiger partial charge >= 0.3 is 5.97 Å². The molecule has 0 aliphatic rings. The highest BCUT2D eigenvalue weighted by Gasteiger charge is 2.25. The molecule has 0 aromatic heterocycles. The van der Waals surface area contributed by atoms with E-state index < -0.39 is 11.6 Å². The molecule has 0 saturated heterocycles. The molecule has 3 aromatic carbocycles. The minimum absolute atomic E-state index is 0.300. The molecule has 0 saturated carbocycles. The van der Waals surface area contributed by atoms with Crippen molar-refractivity contribution in [2.45, 2.75) is 39.7 Å². The van der Waals surface area contributed by atoms with Crippen LogP contribution in [0, 0.1) is 0 Å². The number of carbonyl (C=O) groups excluding carboxylic acids is 2. The normalized spacial score (nSPS) is 11.2. The Morgan fingerprint density at radius 1 is 0.906 bits per heavy atom. The van der Waals surface area contributed by atoms with Crippen molar-refractivity contribution < 1.29 is 19.4 Å². The van der Waals surface area contributed by atoms with Gasteiger partial charge < -0.3 is 9.84 Å². The predicted octanol–water partition coefficient (Wildman–Crippen LogP) is 6.02. The highest BCUT2D eigenvalue weighted by molar-refractivity contribution is 6.02. The summed E-state index contributed by atoms with van der Waals surface area (Å²) in [6.07, 6.45) is 0.852. The lowest BCUT2D eigenvalue weighted by Crippen LogP contribution is -2.30. The Hall–Kier alpha value is -3.50. The zero-order valence-corrected chi connectivity index (χ0v) is 18.9. The first-order chi connectivity index (χ1) is 15.1. The molecule has 0 aliphatic heterocycles. The lowest BCUT2D eigenvalue weighted by Gasteiger charge is -2.16. The first kappa shape index (κ1) is 23.2. The maximum Gasteiger partial charge on any atom is 0.338 e. The summed E-state index contributed by atoms with van der Waals surface area (Å²) >= 11 is 0. The predicted molar refractivity (Wildman–Crippen MR) is 128 cm³/mol. The molecule has 0 fully saturated rings. The molecule has 0 heterocycles. The number of hydrogen-bond donors (Lipinski definition) is 1.